The number of hydrogen-bond acceptors (Lipinski definition) is 4. The smallest absolute Gasteiger partial charge is 0.331 e. The van der Waals surface area contributed by atoms with E-state index >= 15 is 0 Å². The summed E-state index contributed by atoms with van der Waals surface area (Å²) in [4.78, 5) is 31.6. The van der Waals surface area contributed by atoms with Crippen molar-refractivity contribution in [2.24, 2.45) is 0 Å². The fraction of sp³-hybridized carbons (Fsp3) is 0.250. The van der Waals surface area contributed by atoms with Gasteiger partial charge in [-0.25, -0.2) is 9.78 Å². The fourth-order valence-electron chi connectivity index (χ4n) is 2.97. The Bertz CT molecular complexity index is 1080. The van der Waals surface area contributed by atoms with Gasteiger partial charge in [-0.3, -0.25) is 14.3 Å². The molecule has 1 aromatic carbocycles. The third-order valence-electron chi connectivity index (χ3n) is 4.10. The second kappa shape index (κ2) is 7.92. The number of nitrogens with one attached hydrogen (secondary N) is 1. The molecule has 0 aliphatic carbocycles. The second-order valence-electron chi connectivity index (χ2n) is 6.36. The molecule has 2 heterocycles. The summed E-state index contributed by atoms with van der Waals surface area (Å²) in [5.41, 5.74) is 2.21. The summed E-state index contributed by atoms with van der Waals surface area (Å²) in [6.45, 7) is 5.97. The van der Waals surface area contributed by atoms with Crippen LogP contribution in [0.1, 0.15) is 29.3 Å². The number of benzene rings is 1. The Labute approximate surface area is 165 Å². The lowest BCUT2D eigenvalue weighted by Gasteiger charge is -2.16. The van der Waals surface area contributed by atoms with Crippen molar-refractivity contribution in [2.75, 3.05) is 0 Å². The minimum atomic E-state index is -0.529. The van der Waals surface area contributed by atoms with E-state index in [1.165, 1.54) is 4.57 Å². The quantitative estimate of drug-likeness (QED) is 0.626. The summed E-state index contributed by atoms with van der Waals surface area (Å²) in [6, 6.07) is 11.2. The Hall–Kier alpha value is -2.67. The molecular formula is C20H20BrN3O3. The van der Waals surface area contributed by atoms with E-state index in [1.54, 1.807) is 0 Å². The molecule has 0 atom stereocenters. The monoisotopic (exact) mass is 429 g/mol. The maximum absolute atomic E-state index is 12.5. The van der Waals surface area contributed by atoms with E-state index in [2.05, 4.69) is 25.9 Å². The lowest BCUT2D eigenvalue weighted by molar-refractivity contribution is 0.412. The number of ether oxygens (including phenoxy) is 1. The molecular weight excluding hydrogens is 410 g/mol. The standard InChI is InChI=1S/C20H20BrN3O3/c1-4-16-18(25)23-20(26)24(11-14-6-5-7-17(21)22-14)19(16)27-15-9-12(2)8-13(3)10-15/h5-10H,4,11H2,1-3H3,(H,23,25,26). The third-order valence-corrected chi connectivity index (χ3v) is 4.54. The first-order valence-electron chi connectivity index (χ1n) is 8.61. The second-order valence-corrected chi connectivity index (χ2v) is 7.17. The van der Waals surface area contributed by atoms with E-state index in [0.717, 1.165) is 11.1 Å². The highest BCUT2D eigenvalue weighted by atomic mass is 79.9. The molecule has 0 aliphatic rings. The van der Waals surface area contributed by atoms with Gasteiger partial charge in [-0.05, 0) is 71.6 Å². The molecule has 0 radical (unpaired) electrons. The number of aryl methyl sites for hydroxylation is 2. The third kappa shape index (κ3) is 4.36. The molecule has 3 rings (SSSR count). The Balaban J connectivity index is 2.14. The molecule has 0 saturated carbocycles. The maximum atomic E-state index is 12.5. The van der Waals surface area contributed by atoms with Crippen LogP contribution >= 0.6 is 15.9 Å². The SMILES string of the molecule is CCc1c(Oc2cc(C)cc(C)c2)n(Cc2cccc(Br)n2)c(=O)[nH]c1=O. The van der Waals surface area contributed by atoms with E-state index in [4.69, 9.17) is 4.74 Å². The average molecular weight is 430 g/mol. The highest BCUT2D eigenvalue weighted by molar-refractivity contribution is 9.10. The minimum Gasteiger partial charge on any atom is -0.440 e. The zero-order valence-corrected chi connectivity index (χ0v) is 17.0. The van der Waals surface area contributed by atoms with Gasteiger partial charge in [0.05, 0.1) is 17.8 Å². The van der Waals surface area contributed by atoms with Crippen LogP contribution in [0.3, 0.4) is 0 Å². The number of halogens is 1. The lowest BCUT2D eigenvalue weighted by atomic mass is 10.1. The molecule has 0 aliphatic heterocycles. The number of aromatic amines is 1. The number of H-pyrrole nitrogens is 1. The highest BCUT2D eigenvalue weighted by Gasteiger charge is 2.17. The van der Waals surface area contributed by atoms with Crippen LogP contribution in [0.5, 0.6) is 11.6 Å². The van der Waals surface area contributed by atoms with Crippen LogP contribution in [0.4, 0.5) is 0 Å². The first-order chi connectivity index (χ1) is 12.9. The Morgan fingerprint density at radius 3 is 2.48 bits per heavy atom. The van der Waals surface area contributed by atoms with Crippen molar-refractivity contribution in [3.8, 4) is 11.6 Å². The maximum Gasteiger partial charge on any atom is 0.331 e. The van der Waals surface area contributed by atoms with Gasteiger partial charge in [-0.15, -0.1) is 0 Å². The summed E-state index contributed by atoms with van der Waals surface area (Å²) in [5.74, 6) is 0.834. The number of hydrogen-bond donors (Lipinski definition) is 1. The molecule has 2 aromatic heterocycles. The topological polar surface area (TPSA) is 77.0 Å². The fourth-order valence-corrected chi connectivity index (χ4v) is 3.35. The molecule has 7 heteroatoms. The Kier molecular flexibility index (Phi) is 5.60. The van der Waals surface area contributed by atoms with Crippen molar-refractivity contribution in [3.05, 3.63) is 84.2 Å². The van der Waals surface area contributed by atoms with Gasteiger partial charge in [0.15, 0.2) is 0 Å². The molecule has 0 bridgehead atoms. The molecule has 27 heavy (non-hydrogen) atoms. The summed E-state index contributed by atoms with van der Waals surface area (Å²) >= 11 is 3.33. The van der Waals surface area contributed by atoms with Crippen LogP contribution in [0, 0.1) is 13.8 Å². The van der Waals surface area contributed by atoms with Gasteiger partial charge in [0.25, 0.3) is 5.56 Å². The van der Waals surface area contributed by atoms with Crippen LogP contribution in [0.25, 0.3) is 0 Å². The number of aromatic nitrogens is 3. The molecule has 0 spiro atoms. The number of pyridine rings is 1. The molecule has 6 nitrogen and oxygen atoms in total. The van der Waals surface area contributed by atoms with Crippen molar-refractivity contribution in [1.29, 1.82) is 0 Å². The van der Waals surface area contributed by atoms with Crippen LogP contribution in [0.2, 0.25) is 0 Å². The summed E-state index contributed by atoms with van der Waals surface area (Å²) in [5, 5.41) is 0. The van der Waals surface area contributed by atoms with Crippen molar-refractivity contribution >= 4 is 15.9 Å². The molecule has 140 valence electrons. The van der Waals surface area contributed by atoms with E-state index in [1.807, 2.05) is 57.2 Å². The zero-order valence-electron chi connectivity index (χ0n) is 15.4. The molecule has 0 fully saturated rings. The van der Waals surface area contributed by atoms with E-state index < -0.39 is 11.2 Å². The summed E-state index contributed by atoms with van der Waals surface area (Å²) in [6.07, 6.45) is 0.432. The number of rotatable bonds is 5. The van der Waals surface area contributed by atoms with Crippen molar-refractivity contribution in [1.82, 2.24) is 14.5 Å². The van der Waals surface area contributed by atoms with Gasteiger partial charge in [-0.1, -0.05) is 19.1 Å². The van der Waals surface area contributed by atoms with Gasteiger partial charge < -0.3 is 4.74 Å². The molecule has 1 N–H and O–H groups in total. The summed E-state index contributed by atoms with van der Waals surface area (Å²) in [7, 11) is 0. The van der Waals surface area contributed by atoms with Crippen LogP contribution in [-0.4, -0.2) is 14.5 Å². The van der Waals surface area contributed by atoms with Gasteiger partial charge in [0.2, 0.25) is 5.88 Å². The Morgan fingerprint density at radius 1 is 1.15 bits per heavy atom. The van der Waals surface area contributed by atoms with Crippen molar-refractivity contribution in [2.45, 2.75) is 33.7 Å². The van der Waals surface area contributed by atoms with Crippen LogP contribution in [0.15, 0.2) is 50.6 Å². The molecule has 3 aromatic rings. The zero-order chi connectivity index (χ0) is 19.6. The van der Waals surface area contributed by atoms with Crippen LogP contribution in [-0.2, 0) is 13.0 Å². The highest BCUT2D eigenvalue weighted by Crippen LogP contribution is 2.25. The predicted octanol–water partition coefficient (Wildman–Crippen LogP) is 3.71. The molecule has 0 amide bonds. The average Bonchev–Trinajstić information content (AvgIpc) is 2.57. The Morgan fingerprint density at radius 2 is 1.85 bits per heavy atom. The lowest BCUT2D eigenvalue weighted by Crippen LogP contribution is -2.33. The first-order valence-corrected chi connectivity index (χ1v) is 9.40. The van der Waals surface area contributed by atoms with E-state index in [0.29, 0.717) is 28.0 Å². The van der Waals surface area contributed by atoms with Gasteiger partial charge in [0, 0.05) is 0 Å². The molecule has 0 saturated heterocycles. The van der Waals surface area contributed by atoms with Gasteiger partial charge >= 0.3 is 5.69 Å². The molecule has 0 unspecified atom stereocenters. The van der Waals surface area contributed by atoms with Gasteiger partial charge in [0.1, 0.15) is 10.4 Å². The van der Waals surface area contributed by atoms with Crippen LogP contribution < -0.4 is 16.0 Å². The predicted molar refractivity (Wildman–Crippen MR) is 108 cm³/mol. The largest absolute Gasteiger partial charge is 0.440 e. The van der Waals surface area contributed by atoms with Crippen molar-refractivity contribution < 1.29 is 4.74 Å². The summed E-state index contributed by atoms with van der Waals surface area (Å²) < 4.78 is 8.14. The van der Waals surface area contributed by atoms with E-state index in [9.17, 15) is 9.59 Å². The minimum absolute atomic E-state index is 0.183. The first kappa shape index (κ1) is 19.1. The van der Waals surface area contributed by atoms with E-state index in [-0.39, 0.29) is 12.4 Å². The van der Waals surface area contributed by atoms with Gasteiger partial charge in [-0.2, -0.15) is 0 Å². The normalized spacial score (nSPS) is 10.8. The van der Waals surface area contributed by atoms with Crippen molar-refractivity contribution in [3.63, 3.8) is 0 Å². The number of nitrogens with zero attached hydrogens (tertiary/aromatic N) is 2.